The molecule has 2 nitrogen and oxygen atoms in total. The van der Waals surface area contributed by atoms with Crippen molar-refractivity contribution < 1.29 is 5.11 Å². The van der Waals surface area contributed by atoms with E-state index in [2.05, 4.69) is 12.2 Å². The second kappa shape index (κ2) is 3.55. The minimum Gasteiger partial charge on any atom is -0.389 e. The van der Waals surface area contributed by atoms with Gasteiger partial charge in [0.05, 0.1) is 5.60 Å². The van der Waals surface area contributed by atoms with Gasteiger partial charge in [-0.05, 0) is 38.6 Å². The summed E-state index contributed by atoms with van der Waals surface area (Å²) in [6.45, 7) is 3.01. The number of hydrogen-bond acceptors (Lipinski definition) is 2. The average molecular weight is 157 g/mol. The fourth-order valence-corrected chi connectivity index (χ4v) is 1.81. The molecule has 0 spiro atoms. The Morgan fingerprint density at radius 1 is 1.45 bits per heavy atom. The van der Waals surface area contributed by atoms with Crippen LogP contribution in [0.1, 0.15) is 32.6 Å². The predicted octanol–water partition coefficient (Wildman–Crippen LogP) is 1.15. The minimum absolute atomic E-state index is 0.402. The molecule has 0 aromatic rings. The quantitative estimate of drug-likeness (QED) is 0.630. The first-order valence-corrected chi connectivity index (χ1v) is 4.53. The van der Waals surface area contributed by atoms with E-state index >= 15 is 0 Å². The van der Waals surface area contributed by atoms with E-state index in [0.717, 1.165) is 25.3 Å². The highest BCUT2D eigenvalue weighted by atomic mass is 16.3. The first kappa shape index (κ1) is 9.01. The Kier molecular flexibility index (Phi) is 2.90. The van der Waals surface area contributed by atoms with Crippen LogP contribution in [0.25, 0.3) is 0 Å². The van der Waals surface area contributed by atoms with Crippen LogP contribution < -0.4 is 5.32 Å². The molecule has 0 bridgehead atoms. The molecule has 0 aromatic heterocycles. The van der Waals surface area contributed by atoms with Gasteiger partial charge in [0, 0.05) is 6.54 Å². The summed E-state index contributed by atoms with van der Waals surface area (Å²) in [5, 5.41) is 13.0. The lowest BCUT2D eigenvalue weighted by Gasteiger charge is -2.34. The first-order valence-electron chi connectivity index (χ1n) is 4.53. The van der Waals surface area contributed by atoms with Crippen molar-refractivity contribution in [3.05, 3.63) is 0 Å². The van der Waals surface area contributed by atoms with Crippen LogP contribution in [0.5, 0.6) is 0 Å². The summed E-state index contributed by atoms with van der Waals surface area (Å²) in [7, 11) is 1.90. The SMILES string of the molecule is CNCC1(O)CCC(C)CC1. The molecule has 0 aliphatic heterocycles. The number of nitrogens with one attached hydrogen (secondary N) is 1. The van der Waals surface area contributed by atoms with Crippen LogP contribution in [0, 0.1) is 5.92 Å². The van der Waals surface area contributed by atoms with Gasteiger partial charge in [0.1, 0.15) is 0 Å². The molecule has 0 saturated heterocycles. The van der Waals surface area contributed by atoms with Gasteiger partial charge in [0.2, 0.25) is 0 Å². The van der Waals surface area contributed by atoms with Crippen molar-refractivity contribution in [3.8, 4) is 0 Å². The number of hydrogen-bond donors (Lipinski definition) is 2. The van der Waals surface area contributed by atoms with E-state index < -0.39 is 5.60 Å². The smallest absolute Gasteiger partial charge is 0.0771 e. The molecule has 0 radical (unpaired) electrons. The molecule has 2 heteroatoms. The van der Waals surface area contributed by atoms with E-state index in [1.807, 2.05) is 7.05 Å². The molecule has 1 fully saturated rings. The van der Waals surface area contributed by atoms with E-state index in [1.165, 1.54) is 12.8 Å². The summed E-state index contributed by atoms with van der Waals surface area (Å²) in [4.78, 5) is 0. The van der Waals surface area contributed by atoms with Gasteiger partial charge in [-0.15, -0.1) is 0 Å². The van der Waals surface area contributed by atoms with Crippen molar-refractivity contribution >= 4 is 0 Å². The van der Waals surface area contributed by atoms with E-state index in [-0.39, 0.29) is 0 Å². The summed E-state index contributed by atoms with van der Waals surface area (Å²) in [5.41, 5.74) is -0.402. The van der Waals surface area contributed by atoms with Crippen LogP contribution in [-0.2, 0) is 0 Å². The maximum atomic E-state index is 9.93. The third kappa shape index (κ3) is 2.46. The maximum Gasteiger partial charge on any atom is 0.0771 e. The van der Waals surface area contributed by atoms with Gasteiger partial charge in [0.15, 0.2) is 0 Å². The highest BCUT2D eigenvalue weighted by Crippen LogP contribution is 2.30. The summed E-state index contributed by atoms with van der Waals surface area (Å²) in [6.07, 6.45) is 4.29. The summed E-state index contributed by atoms with van der Waals surface area (Å²) < 4.78 is 0. The van der Waals surface area contributed by atoms with Crippen molar-refractivity contribution in [2.45, 2.75) is 38.2 Å². The van der Waals surface area contributed by atoms with E-state index in [4.69, 9.17) is 0 Å². The first-order chi connectivity index (χ1) is 5.16. The fourth-order valence-electron chi connectivity index (χ4n) is 1.81. The van der Waals surface area contributed by atoms with Crippen LogP contribution in [0.15, 0.2) is 0 Å². The number of likely N-dealkylation sites (N-methyl/N-ethyl adjacent to an activating group) is 1. The molecule has 66 valence electrons. The summed E-state index contributed by atoms with van der Waals surface area (Å²) in [6, 6.07) is 0. The van der Waals surface area contributed by atoms with Crippen LogP contribution >= 0.6 is 0 Å². The van der Waals surface area contributed by atoms with Gasteiger partial charge in [-0.1, -0.05) is 6.92 Å². The standard InChI is InChI=1S/C9H19NO/c1-8-3-5-9(11,6-4-8)7-10-2/h8,10-11H,3-7H2,1-2H3. The molecule has 11 heavy (non-hydrogen) atoms. The lowest BCUT2D eigenvalue weighted by atomic mass is 9.79. The second-order valence-corrected chi connectivity index (χ2v) is 3.94. The molecule has 0 aromatic carbocycles. The third-order valence-corrected chi connectivity index (χ3v) is 2.71. The Morgan fingerprint density at radius 2 is 2.00 bits per heavy atom. The fraction of sp³-hybridized carbons (Fsp3) is 1.00. The molecule has 1 aliphatic rings. The Bertz CT molecular complexity index is 117. The predicted molar refractivity (Wildman–Crippen MR) is 46.5 cm³/mol. The average Bonchev–Trinajstić information content (AvgIpc) is 1.97. The van der Waals surface area contributed by atoms with Crippen LogP contribution in [0.2, 0.25) is 0 Å². The molecule has 1 saturated carbocycles. The summed E-state index contributed by atoms with van der Waals surface area (Å²) >= 11 is 0. The van der Waals surface area contributed by atoms with Gasteiger partial charge in [-0.2, -0.15) is 0 Å². The maximum absolute atomic E-state index is 9.93. The van der Waals surface area contributed by atoms with Gasteiger partial charge >= 0.3 is 0 Å². The van der Waals surface area contributed by atoms with Crippen molar-refractivity contribution in [3.63, 3.8) is 0 Å². The van der Waals surface area contributed by atoms with Crippen molar-refractivity contribution in [1.82, 2.24) is 5.32 Å². The largest absolute Gasteiger partial charge is 0.389 e. The molecular formula is C9H19NO. The van der Waals surface area contributed by atoms with E-state index in [1.54, 1.807) is 0 Å². The van der Waals surface area contributed by atoms with Gasteiger partial charge in [0.25, 0.3) is 0 Å². The molecule has 1 rings (SSSR count). The Morgan fingerprint density at radius 3 is 2.45 bits per heavy atom. The van der Waals surface area contributed by atoms with Crippen LogP contribution in [0.4, 0.5) is 0 Å². The molecule has 0 atom stereocenters. The van der Waals surface area contributed by atoms with Crippen molar-refractivity contribution in [2.24, 2.45) is 5.92 Å². The number of rotatable bonds is 2. The molecule has 0 amide bonds. The Balaban J connectivity index is 2.35. The van der Waals surface area contributed by atoms with Crippen LogP contribution in [-0.4, -0.2) is 24.3 Å². The molecule has 0 heterocycles. The van der Waals surface area contributed by atoms with Gasteiger partial charge in [-0.25, -0.2) is 0 Å². The van der Waals surface area contributed by atoms with Crippen molar-refractivity contribution in [2.75, 3.05) is 13.6 Å². The summed E-state index contributed by atoms with van der Waals surface area (Å²) in [5.74, 6) is 0.812. The topological polar surface area (TPSA) is 32.3 Å². The van der Waals surface area contributed by atoms with E-state index in [9.17, 15) is 5.11 Å². The number of aliphatic hydroxyl groups is 1. The second-order valence-electron chi connectivity index (χ2n) is 3.94. The minimum atomic E-state index is -0.402. The molecule has 2 N–H and O–H groups in total. The highest BCUT2D eigenvalue weighted by Gasteiger charge is 2.30. The lowest BCUT2D eigenvalue weighted by molar-refractivity contribution is -0.00453. The molecule has 0 unspecified atom stereocenters. The normalized spacial score (nSPS) is 39.0. The zero-order valence-corrected chi connectivity index (χ0v) is 7.56. The Labute approximate surface area is 69.0 Å². The zero-order valence-electron chi connectivity index (χ0n) is 7.56. The van der Waals surface area contributed by atoms with Crippen molar-refractivity contribution in [1.29, 1.82) is 0 Å². The molecular weight excluding hydrogens is 138 g/mol. The van der Waals surface area contributed by atoms with E-state index in [0.29, 0.717) is 0 Å². The third-order valence-electron chi connectivity index (χ3n) is 2.71. The van der Waals surface area contributed by atoms with Gasteiger partial charge in [-0.3, -0.25) is 0 Å². The lowest BCUT2D eigenvalue weighted by Crippen LogP contribution is -2.42. The highest BCUT2D eigenvalue weighted by molar-refractivity contribution is 4.85. The van der Waals surface area contributed by atoms with Crippen LogP contribution in [0.3, 0.4) is 0 Å². The van der Waals surface area contributed by atoms with Gasteiger partial charge < -0.3 is 10.4 Å². The zero-order chi connectivity index (χ0) is 8.32. The monoisotopic (exact) mass is 157 g/mol. The Hall–Kier alpha value is -0.0800. The molecule has 1 aliphatic carbocycles.